The van der Waals surface area contributed by atoms with Crippen LogP contribution < -0.4 is 10.6 Å². The molecule has 1 aliphatic heterocycles. The van der Waals surface area contributed by atoms with Crippen molar-refractivity contribution in [3.05, 3.63) is 95.9 Å². The fourth-order valence-corrected chi connectivity index (χ4v) is 4.14. The van der Waals surface area contributed by atoms with E-state index in [0.717, 1.165) is 56.2 Å². The Kier molecular flexibility index (Phi) is 8.55. The first-order valence-electron chi connectivity index (χ1n) is 11.8. The molecule has 1 fully saturated rings. The zero-order chi connectivity index (χ0) is 22.7. The zero-order valence-electron chi connectivity index (χ0n) is 19.1. The fraction of sp³-hybridized carbons (Fsp3) is 0.370. The summed E-state index contributed by atoms with van der Waals surface area (Å²) in [6.07, 6.45) is 3.98. The topological polar surface area (TPSA) is 73.0 Å². The third-order valence-corrected chi connectivity index (χ3v) is 6.03. The largest absolute Gasteiger partial charge is 0.469 e. The van der Waals surface area contributed by atoms with Crippen molar-refractivity contribution in [1.82, 2.24) is 15.5 Å². The second-order valence-corrected chi connectivity index (χ2v) is 8.55. The SMILES string of the molecule is OC(CN=C(NCCc1ccco1)NC1CCN(Cc2ccccc2)CC1)c1ccccc1. The average molecular weight is 447 g/mol. The molecule has 2 heterocycles. The standard InChI is InChI=1S/C27H34N4O2/c32-26(23-10-5-2-6-11-23)20-29-27(28-16-13-25-12-7-19-33-25)30-24-14-17-31(18-15-24)21-22-8-3-1-4-9-22/h1-12,19,24,26,32H,13-18,20-21H2,(H2,28,29,30). The predicted octanol–water partition coefficient (Wildman–Crippen LogP) is 3.76. The van der Waals surface area contributed by atoms with Gasteiger partial charge in [-0.3, -0.25) is 9.89 Å². The molecule has 2 aromatic carbocycles. The number of guanidine groups is 1. The number of likely N-dealkylation sites (tertiary alicyclic amines) is 1. The van der Waals surface area contributed by atoms with Gasteiger partial charge in [-0.05, 0) is 36.1 Å². The average Bonchev–Trinajstić information content (AvgIpc) is 3.38. The number of aliphatic hydroxyl groups is 1. The van der Waals surface area contributed by atoms with Crippen LogP contribution in [0.1, 0.15) is 35.8 Å². The van der Waals surface area contributed by atoms with Crippen molar-refractivity contribution in [1.29, 1.82) is 0 Å². The predicted molar refractivity (Wildman–Crippen MR) is 132 cm³/mol. The second kappa shape index (κ2) is 12.2. The van der Waals surface area contributed by atoms with E-state index in [0.29, 0.717) is 19.1 Å². The molecule has 1 saturated heterocycles. The smallest absolute Gasteiger partial charge is 0.191 e. The van der Waals surface area contributed by atoms with Gasteiger partial charge in [0.25, 0.3) is 0 Å². The number of nitrogens with zero attached hydrogens (tertiary/aromatic N) is 2. The van der Waals surface area contributed by atoms with Crippen LogP contribution in [0.5, 0.6) is 0 Å². The fourth-order valence-electron chi connectivity index (χ4n) is 4.14. The summed E-state index contributed by atoms with van der Waals surface area (Å²) < 4.78 is 5.44. The van der Waals surface area contributed by atoms with Crippen LogP contribution in [0.25, 0.3) is 0 Å². The Bertz CT molecular complexity index is 952. The van der Waals surface area contributed by atoms with Crippen molar-refractivity contribution in [3.63, 3.8) is 0 Å². The summed E-state index contributed by atoms with van der Waals surface area (Å²) in [7, 11) is 0. The van der Waals surface area contributed by atoms with Gasteiger partial charge in [0.15, 0.2) is 5.96 Å². The third kappa shape index (κ3) is 7.48. The summed E-state index contributed by atoms with van der Waals surface area (Å²) >= 11 is 0. The van der Waals surface area contributed by atoms with E-state index in [4.69, 9.17) is 9.41 Å². The van der Waals surface area contributed by atoms with Gasteiger partial charge in [0.1, 0.15) is 5.76 Å². The highest BCUT2D eigenvalue weighted by atomic mass is 16.3. The number of furan rings is 1. The summed E-state index contributed by atoms with van der Waals surface area (Å²) in [4.78, 5) is 7.21. The van der Waals surface area contributed by atoms with Gasteiger partial charge in [-0.1, -0.05) is 60.7 Å². The highest BCUT2D eigenvalue weighted by molar-refractivity contribution is 5.80. The van der Waals surface area contributed by atoms with Crippen molar-refractivity contribution in [3.8, 4) is 0 Å². The quantitative estimate of drug-likeness (QED) is 0.345. The zero-order valence-corrected chi connectivity index (χ0v) is 19.1. The van der Waals surface area contributed by atoms with Crippen molar-refractivity contribution in [2.75, 3.05) is 26.2 Å². The molecule has 0 bridgehead atoms. The van der Waals surface area contributed by atoms with Gasteiger partial charge in [-0.2, -0.15) is 0 Å². The van der Waals surface area contributed by atoms with E-state index in [2.05, 4.69) is 45.9 Å². The molecule has 33 heavy (non-hydrogen) atoms. The van der Waals surface area contributed by atoms with E-state index >= 15 is 0 Å². The summed E-state index contributed by atoms with van der Waals surface area (Å²) in [5.74, 6) is 1.69. The molecular weight excluding hydrogens is 412 g/mol. The van der Waals surface area contributed by atoms with Crippen LogP contribution in [0.2, 0.25) is 0 Å². The molecule has 0 saturated carbocycles. The van der Waals surface area contributed by atoms with Crippen LogP contribution >= 0.6 is 0 Å². The van der Waals surface area contributed by atoms with Crippen molar-refractivity contribution in [2.45, 2.75) is 38.0 Å². The summed E-state index contributed by atoms with van der Waals surface area (Å²) in [6, 6.07) is 24.6. The number of nitrogens with one attached hydrogen (secondary N) is 2. The maximum Gasteiger partial charge on any atom is 0.191 e. The molecule has 1 aliphatic rings. The first kappa shape index (κ1) is 23.1. The number of hydrogen-bond acceptors (Lipinski definition) is 4. The molecule has 3 aromatic rings. The van der Waals surface area contributed by atoms with Gasteiger partial charge in [-0.25, -0.2) is 0 Å². The molecule has 6 nitrogen and oxygen atoms in total. The number of aliphatic hydroxyl groups excluding tert-OH is 1. The Morgan fingerprint density at radius 1 is 1.00 bits per heavy atom. The van der Waals surface area contributed by atoms with E-state index in [-0.39, 0.29) is 0 Å². The van der Waals surface area contributed by atoms with Gasteiger partial charge in [0.05, 0.1) is 18.9 Å². The molecule has 1 atom stereocenters. The van der Waals surface area contributed by atoms with Gasteiger partial charge >= 0.3 is 0 Å². The van der Waals surface area contributed by atoms with Crippen LogP contribution in [-0.4, -0.2) is 48.2 Å². The van der Waals surface area contributed by atoms with E-state index in [1.165, 1.54) is 5.56 Å². The number of piperidine rings is 1. The van der Waals surface area contributed by atoms with Gasteiger partial charge in [0.2, 0.25) is 0 Å². The minimum atomic E-state index is -0.623. The van der Waals surface area contributed by atoms with Crippen LogP contribution in [0, 0.1) is 0 Å². The van der Waals surface area contributed by atoms with E-state index < -0.39 is 6.10 Å². The highest BCUT2D eigenvalue weighted by Crippen LogP contribution is 2.15. The molecule has 3 N–H and O–H groups in total. The van der Waals surface area contributed by atoms with Gasteiger partial charge in [0, 0.05) is 38.6 Å². The molecule has 6 heteroatoms. The van der Waals surface area contributed by atoms with Crippen molar-refractivity contribution in [2.24, 2.45) is 4.99 Å². The van der Waals surface area contributed by atoms with Crippen molar-refractivity contribution < 1.29 is 9.52 Å². The summed E-state index contributed by atoms with van der Waals surface area (Å²) in [5, 5.41) is 17.6. The molecule has 0 spiro atoms. The summed E-state index contributed by atoms with van der Waals surface area (Å²) in [5.41, 5.74) is 2.24. The lowest BCUT2D eigenvalue weighted by Gasteiger charge is -2.33. The molecule has 174 valence electrons. The molecule has 1 aromatic heterocycles. The van der Waals surface area contributed by atoms with Crippen LogP contribution in [0.4, 0.5) is 0 Å². The lowest BCUT2D eigenvalue weighted by molar-refractivity contribution is 0.186. The Balaban J connectivity index is 1.30. The third-order valence-electron chi connectivity index (χ3n) is 6.03. The molecule has 0 aliphatic carbocycles. The Morgan fingerprint density at radius 2 is 1.73 bits per heavy atom. The second-order valence-electron chi connectivity index (χ2n) is 8.55. The van der Waals surface area contributed by atoms with E-state index in [1.807, 2.05) is 42.5 Å². The minimum Gasteiger partial charge on any atom is -0.469 e. The Hall–Kier alpha value is -3.09. The van der Waals surface area contributed by atoms with Crippen LogP contribution in [-0.2, 0) is 13.0 Å². The molecule has 0 amide bonds. The van der Waals surface area contributed by atoms with Crippen LogP contribution in [0.3, 0.4) is 0 Å². The van der Waals surface area contributed by atoms with E-state index in [9.17, 15) is 5.11 Å². The van der Waals surface area contributed by atoms with Crippen molar-refractivity contribution >= 4 is 5.96 Å². The Labute approximate surface area is 196 Å². The molecule has 0 radical (unpaired) electrons. The van der Waals surface area contributed by atoms with E-state index in [1.54, 1.807) is 6.26 Å². The lowest BCUT2D eigenvalue weighted by atomic mass is 10.0. The Morgan fingerprint density at radius 3 is 2.42 bits per heavy atom. The number of aliphatic imine (C=N–C) groups is 1. The highest BCUT2D eigenvalue weighted by Gasteiger charge is 2.20. The molecular formula is C27H34N4O2. The number of hydrogen-bond donors (Lipinski definition) is 3. The summed E-state index contributed by atoms with van der Waals surface area (Å²) in [6.45, 7) is 4.14. The molecule has 1 unspecified atom stereocenters. The first-order valence-corrected chi connectivity index (χ1v) is 11.8. The van der Waals surface area contributed by atoms with Gasteiger partial charge < -0.3 is 20.2 Å². The monoisotopic (exact) mass is 446 g/mol. The number of rotatable bonds is 9. The van der Waals surface area contributed by atoms with Gasteiger partial charge in [-0.15, -0.1) is 0 Å². The number of benzene rings is 2. The van der Waals surface area contributed by atoms with Crippen LogP contribution in [0.15, 0.2) is 88.5 Å². The normalized spacial score (nSPS) is 16.5. The maximum absolute atomic E-state index is 10.5. The maximum atomic E-state index is 10.5. The minimum absolute atomic E-state index is 0.312. The lowest BCUT2D eigenvalue weighted by Crippen LogP contribution is -2.49. The molecule has 4 rings (SSSR count). The first-order chi connectivity index (χ1) is 16.3.